The molecule has 0 fully saturated rings. The van der Waals surface area contributed by atoms with Gasteiger partial charge in [0.25, 0.3) is 5.56 Å². The van der Waals surface area contributed by atoms with E-state index >= 15 is 4.39 Å². The molecule has 0 spiro atoms. The van der Waals surface area contributed by atoms with Crippen molar-refractivity contribution in [2.24, 2.45) is 0 Å². The molecule has 0 bridgehead atoms. The summed E-state index contributed by atoms with van der Waals surface area (Å²) in [4.78, 5) is 27.6. The van der Waals surface area contributed by atoms with Gasteiger partial charge in [-0.05, 0) is 67.2 Å². The number of ketones is 1. The van der Waals surface area contributed by atoms with Gasteiger partial charge >= 0.3 is 0 Å². The Kier molecular flexibility index (Phi) is 7.02. The van der Waals surface area contributed by atoms with Crippen LogP contribution in [0.25, 0.3) is 16.5 Å². The standard InChI is InChI=1S/C26H25FN2O4S2/c1-17-6-8-21-22(11-17)19(14-28(2)3)15-29(26(21)31)24-9-7-18(13-23(24)27)12-20(30)16-35(32,33)25-5-4-10-34-25/h4-11,13,15H,12,14,16H2,1-3H3. The molecule has 2 aromatic carbocycles. The van der Waals surface area contributed by atoms with Crippen molar-refractivity contribution >= 4 is 37.7 Å². The van der Waals surface area contributed by atoms with Crippen LogP contribution in [0.3, 0.4) is 0 Å². The second-order valence-electron chi connectivity index (χ2n) is 8.81. The van der Waals surface area contributed by atoms with Crippen molar-refractivity contribution in [2.45, 2.75) is 24.1 Å². The van der Waals surface area contributed by atoms with Gasteiger partial charge in [0.05, 0.1) is 5.69 Å². The largest absolute Gasteiger partial charge is 0.305 e. The third-order valence-electron chi connectivity index (χ3n) is 5.57. The zero-order valence-corrected chi connectivity index (χ0v) is 21.2. The average molecular weight is 513 g/mol. The van der Waals surface area contributed by atoms with E-state index in [-0.39, 0.29) is 21.9 Å². The summed E-state index contributed by atoms with van der Waals surface area (Å²) in [7, 11) is 0.121. The van der Waals surface area contributed by atoms with Crippen molar-refractivity contribution in [2.75, 3.05) is 19.8 Å². The quantitative estimate of drug-likeness (QED) is 0.355. The molecule has 0 radical (unpaired) electrons. The van der Waals surface area contributed by atoms with E-state index in [1.54, 1.807) is 29.8 Å². The number of halogens is 1. The number of hydrogen-bond donors (Lipinski definition) is 0. The van der Waals surface area contributed by atoms with E-state index in [2.05, 4.69) is 0 Å². The maximum atomic E-state index is 15.2. The molecule has 2 aromatic heterocycles. The topological polar surface area (TPSA) is 76.5 Å². The highest BCUT2D eigenvalue weighted by molar-refractivity contribution is 7.94. The predicted octanol–water partition coefficient (Wildman–Crippen LogP) is 4.15. The van der Waals surface area contributed by atoms with Gasteiger partial charge in [-0.2, -0.15) is 0 Å². The van der Waals surface area contributed by atoms with Gasteiger partial charge in [0.15, 0.2) is 15.6 Å². The third-order valence-corrected chi connectivity index (χ3v) is 8.73. The zero-order valence-electron chi connectivity index (χ0n) is 19.6. The number of benzene rings is 2. The molecule has 4 aromatic rings. The number of Topliss-reactive ketones (excluding diaryl/α,β-unsaturated/α-hetero) is 1. The van der Waals surface area contributed by atoms with Crippen LogP contribution in [0.4, 0.5) is 4.39 Å². The first kappa shape index (κ1) is 25.0. The number of aromatic nitrogens is 1. The molecule has 0 saturated heterocycles. The summed E-state index contributed by atoms with van der Waals surface area (Å²) < 4.78 is 41.3. The molecule has 182 valence electrons. The number of carbonyl (C=O) groups is 1. The third kappa shape index (κ3) is 5.42. The highest BCUT2D eigenvalue weighted by Crippen LogP contribution is 2.23. The van der Waals surface area contributed by atoms with Crippen LogP contribution in [0.2, 0.25) is 0 Å². The van der Waals surface area contributed by atoms with Crippen molar-refractivity contribution < 1.29 is 17.6 Å². The van der Waals surface area contributed by atoms with Crippen molar-refractivity contribution in [3.8, 4) is 5.69 Å². The van der Waals surface area contributed by atoms with Crippen LogP contribution >= 0.6 is 11.3 Å². The lowest BCUT2D eigenvalue weighted by Gasteiger charge is -2.17. The van der Waals surface area contributed by atoms with Crippen molar-refractivity contribution in [3.63, 3.8) is 0 Å². The van der Waals surface area contributed by atoms with E-state index in [1.807, 2.05) is 38.1 Å². The molecule has 2 heterocycles. The number of rotatable bonds is 8. The van der Waals surface area contributed by atoms with E-state index in [0.29, 0.717) is 17.5 Å². The minimum Gasteiger partial charge on any atom is -0.305 e. The fourth-order valence-electron chi connectivity index (χ4n) is 4.03. The second-order valence-corrected chi connectivity index (χ2v) is 12.0. The van der Waals surface area contributed by atoms with Gasteiger partial charge in [-0.3, -0.25) is 14.2 Å². The zero-order chi connectivity index (χ0) is 25.3. The first-order chi connectivity index (χ1) is 16.5. The Balaban J connectivity index is 1.66. The van der Waals surface area contributed by atoms with E-state index in [0.717, 1.165) is 27.8 Å². The maximum absolute atomic E-state index is 15.2. The smallest absolute Gasteiger partial charge is 0.263 e. The Morgan fingerprint density at radius 3 is 2.51 bits per heavy atom. The van der Waals surface area contributed by atoms with Crippen molar-refractivity contribution in [1.82, 2.24) is 9.47 Å². The van der Waals surface area contributed by atoms with E-state index in [4.69, 9.17) is 0 Å². The predicted molar refractivity (Wildman–Crippen MR) is 137 cm³/mol. The van der Waals surface area contributed by atoms with Crippen LogP contribution in [0.1, 0.15) is 16.7 Å². The van der Waals surface area contributed by atoms with Crippen molar-refractivity contribution in [1.29, 1.82) is 0 Å². The van der Waals surface area contributed by atoms with E-state index in [9.17, 15) is 18.0 Å². The van der Waals surface area contributed by atoms with Gasteiger partial charge < -0.3 is 4.90 Å². The van der Waals surface area contributed by atoms with Gasteiger partial charge in [0.1, 0.15) is 15.8 Å². The summed E-state index contributed by atoms with van der Waals surface area (Å²) in [5, 5.41) is 2.95. The molecule has 0 saturated carbocycles. The minimum absolute atomic E-state index is 0.0693. The molecule has 0 amide bonds. The lowest BCUT2D eigenvalue weighted by Crippen LogP contribution is -2.22. The van der Waals surface area contributed by atoms with Crippen LogP contribution in [0, 0.1) is 12.7 Å². The summed E-state index contributed by atoms with van der Waals surface area (Å²) in [6.07, 6.45) is 1.43. The summed E-state index contributed by atoms with van der Waals surface area (Å²) in [5.74, 6) is -1.84. The molecule has 0 aliphatic rings. The number of hydrogen-bond acceptors (Lipinski definition) is 6. The number of carbonyl (C=O) groups excluding carboxylic acids is 1. The van der Waals surface area contributed by atoms with Crippen molar-refractivity contribution in [3.05, 3.63) is 93.0 Å². The van der Waals surface area contributed by atoms with Gasteiger partial charge in [0, 0.05) is 24.5 Å². The molecular formula is C26H25FN2O4S2. The highest BCUT2D eigenvalue weighted by Gasteiger charge is 2.21. The summed E-state index contributed by atoms with van der Waals surface area (Å²) >= 11 is 1.05. The molecule has 35 heavy (non-hydrogen) atoms. The molecule has 0 unspecified atom stereocenters. The molecule has 6 nitrogen and oxygen atoms in total. The fourth-order valence-corrected chi connectivity index (χ4v) is 6.36. The molecule has 0 N–H and O–H groups in total. The normalized spacial score (nSPS) is 11.9. The highest BCUT2D eigenvalue weighted by atomic mass is 32.2. The van der Waals surface area contributed by atoms with Gasteiger partial charge in [-0.25, -0.2) is 12.8 Å². The molecule has 4 rings (SSSR count). The first-order valence-electron chi connectivity index (χ1n) is 10.9. The molecule has 0 aliphatic heterocycles. The first-order valence-corrected chi connectivity index (χ1v) is 13.4. The number of aryl methyl sites for hydroxylation is 1. The number of pyridine rings is 1. The Labute approximate surface area is 207 Å². The van der Waals surface area contributed by atoms with Crippen LogP contribution in [0.15, 0.2) is 69.1 Å². The van der Waals surface area contributed by atoms with E-state index in [1.165, 1.54) is 22.8 Å². The minimum atomic E-state index is -3.72. The molecular weight excluding hydrogens is 487 g/mol. The van der Waals surface area contributed by atoms with Crippen LogP contribution < -0.4 is 5.56 Å². The van der Waals surface area contributed by atoms with Gasteiger partial charge in [-0.15, -0.1) is 11.3 Å². The Morgan fingerprint density at radius 1 is 1.09 bits per heavy atom. The number of thiophene rings is 1. The van der Waals surface area contributed by atoms with Gasteiger partial charge in [0.2, 0.25) is 0 Å². The van der Waals surface area contributed by atoms with E-state index < -0.39 is 27.2 Å². The summed E-state index contributed by atoms with van der Waals surface area (Å²) in [6, 6.07) is 12.8. The monoisotopic (exact) mass is 512 g/mol. The van der Waals surface area contributed by atoms with Crippen LogP contribution in [-0.4, -0.2) is 43.5 Å². The average Bonchev–Trinajstić information content (AvgIpc) is 3.31. The Bertz CT molecular complexity index is 1570. The molecule has 9 heteroatoms. The molecule has 0 aliphatic carbocycles. The number of sulfone groups is 1. The van der Waals surface area contributed by atoms with Crippen LogP contribution in [0.5, 0.6) is 0 Å². The number of nitrogens with zero attached hydrogens (tertiary/aromatic N) is 2. The lowest BCUT2D eigenvalue weighted by molar-refractivity contribution is -0.116. The Hall–Kier alpha value is -3.14. The second kappa shape index (κ2) is 9.85. The summed E-state index contributed by atoms with van der Waals surface area (Å²) in [5.41, 5.74) is 1.98. The molecule has 0 atom stereocenters. The summed E-state index contributed by atoms with van der Waals surface area (Å²) in [6.45, 7) is 2.52. The van der Waals surface area contributed by atoms with Crippen LogP contribution in [-0.2, 0) is 27.6 Å². The Morgan fingerprint density at radius 2 is 1.86 bits per heavy atom. The van der Waals surface area contributed by atoms with Gasteiger partial charge in [-0.1, -0.05) is 29.8 Å². The maximum Gasteiger partial charge on any atom is 0.263 e. The lowest BCUT2D eigenvalue weighted by atomic mass is 10.0. The SMILES string of the molecule is Cc1ccc2c(=O)n(-c3ccc(CC(=O)CS(=O)(=O)c4cccs4)cc3F)cc(CN(C)C)c2c1. The fraction of sp³-hybridized carbons (Fsp3) is 0.231. The number of fused-ring (bicyclic) bond motifs is 1.